The number of methoxy groups -OCH3 is 1. The molecule has 5 N–H and O–H groups in total. The van der Waals surface area contributed by atoms with Gasteiger partial charge in [-0.25, -0.2) is 4.98 Å². The van der Waals surface area contributed by atoms with Crippen molar-refractivity contribution in [2.75, 3.05) is 19.0 Å². The Hall–Kier alpha value is -3.92. The molecule has 4 aromatic rings. The number of amides is 2. The molecule has 192 valence electrons. The van der Waals surface area contributed by atoms with Gasteiger partial charge in [0, 0.05) is 23.2 Å². The summed E-state index contributed by atoms with van der Waals surface area (Å²) in [4.78, 5) is 45.2. The largest absolute Gasteiger partial charge is 0.481 e. The summed E-state index contributed by atoms with van der Waals surface area (Å²) in [7, 11) is 1.46. The highest BCUT2D eigenvalue weighted by Crippen LogP contribution is 2.25. The molecule has 1 unspecified atom stereocenters. The van der Waals surface area contributed by atoms with Crippen LogP contribution in [0.5, 0.6) is 5.88 Å². The number of hydrogen-bond acceptors (Lipinski definition) is 6. The van der Waals surface area contributed by atoms with Crippen LogP contribution in [0.25, 0.3) is 10.9 Å². The number of aromatic nitrogens is 2. The Kier molecular flexibility index (Phi) is 9.24. The van der Waals surface area contributed by atoms with Gasteiger partial charge in [-0.2, -0.15) is 0 Å². The summed E-state index contributed by atoms with van der Waals surface area (Å²) in [6.45, 7) is 0.393. The van der Waals surface area contributed by atoms with Gasteiger partial charge in [0.05, 0.1) is 29.4 Å². The van der Waals surface area contributed by atoms with E-state index in [0.717, 1.165) is 5.56 Å². The second-order valence-corrected chi connectivity index (χ2v) is 8.40. The van der Waals surface area contributed by atoms with Crippen molar-refractivity contribution in [3.8, 4) is 5.88 Å². The van der Waals surface area contributed by atoms with Gasteiger partial charge in [-0.3, -0.25) is 14.4 Å². The van der Waals surface area contributed by atoms with E-state index in [1.54, 1.807) is 12.1 Å². The van der Waals surface area contributed by atoms with E-state index in [2.05, 4.69) is 20.6 Å². The first-order valence-corrected chi connectivity index (χ1v) is 11.5. The topological polar surface area (TPSA) is 139 Å². The normalized spacial score (nSPS) is 11.3. The van der Waals surface area contributed by atoms with E-state index >= 15 is 0 Å². The Morgan fingerprint density at radius 3 is 2.57 bits per heavy atom. The molecule has 2 amide bonds. The first kappa shape index (κ1) is 27.7. The predicted octanol–water partition coefficient (Wildman–Crippen LogP) is 4.08. The summed E-state index contributed by atoms with van der Waals surface area (Å²) in [5.74, 6) is -0.704. The van der Waals surface area contributed by atoms with Crippen LogP contribution in [0, 0.1) is 0 Å². The summed E-state index contributed by atoms with van der Waals surface area (Å²) in [5, 5.41) is 6.36. The number of aromatic amines is 1. The first-order valence-electron chi connectivity index (χ1n) is 11.1. The Labute approximate surface area is 223 Å². The monoisotopic (exact) mass is 541 g/mol. The maximum absolute atomic E-state index is 13.0. The second kappa shape index (κ2) is 12.4. The summed E-state index contributed by atoms with van der Waals surface area (Å²) >= 11 is 6.28. The minimum atomic E-state index is -0.682. The van der Waals surface area contributed by atoms with Gasteiger partial charge < -0.3 is 26.1 Å². The Balaban J connectivity index is 0.00000380. The lowest BCUT2D eigenvalue weighted by Crippen LogP contribution is -2.30. The van der Waals surface area contributed by atoms with Crippen molar-refractivity contribution < 1.29 is 14.3 Å². The van der Waals surface area contributed by atoms with Crippen molar-refractivity contribution in [1.29, 1.82) is 0 Å². The number of fused-ring (bicyclic) bond motifs is 1. The van der Waals surface area contributed by atoms with Crippen LogP contribution < -0.4 is 26.7 Å². The number of carbonyl (C=O) groups is 2. The molecule has 2 aromatic carbocycles. The molecular formula is C26H25Cl2N5O4. The number of benzene rings is 2. The number of anilines is 1. The summed E-state index contributed by atoms with van der Waals surface area (Å²) in [6.07, 6.45) is 2.04. The van der Waals surface area contributed by atoms with Gasteiger partial charge in [-0.1, -0.05) is 41.9 Å². The smallest absolute Gasteiger partial charge is 0.261 e. The number of nitrogens with zero attached hydrogens (tertiary/aromatic N) is 1. The average Bonchev–Trinajstić information content (AvgIpc) is 2.89. The van der Waals surface area contributed by atoms with E-state index in [-0.39, 0.29) is 46.2 Å². The minimum absolute atomic E-state index is 0. The molecule has 0 aliphatic carbocycles. The van der Waals surface area contributed by atoms with Crippen molar-refractivity contribution >= 4 is 52.4 Å². The lowest BCUT2D eigenvalue weighted by atomic mass is 10.0. The highest BCUT2D eigenvalue weighted by Gasteiger charge is 2.18. The molecule has 0 saturated carbocycles. The van der Waals surface area contributed by atoms with Gasteiger partial charge in [0.25, 0.3) is 17.4 Å². The Morgan fingerprint density at radius 1 is 1.11 bits per heavy atom. The second-order valence-electron chi connectivity index (χ2n) is 7.99. The van der Waals surface area contributed by atoms with Gasteiger partial charge in [0.1, 0.15) is 5.56 Å². The highest BCUT2D eigenvalue weighted by molar-refractivity contribution is 6.34. The lowest BCUT2D eigenvalue weighted by Gasteiger charge is -2.19. The van der Waals surface area contributed by atoms with E-state index < -0.39 is 11.5 Å². The molecule has 0 aliphatic rings. The number of rotatable bonds is 8. The molecule has 4 rings (SSSR count). The molecule has 2 aromatic heterocycles. The zero-order valence-electron chi connectivity index (χ0n) is 19.8. The zero-order valence-corrected chi connectivity index (χ0v) is 21.4. The minimum Gasteiger partial charge on any atom is -0.481 e. The standard InChI is InChI=1S/C26H24ClN5O4.ClH/c1-36-23-13-21-17(14-29-23)11-18(25(34)31-21)26(35)32-22-12-16(7-8-19(22)27)24(33)30-20(9-10-28)15-5-3-2-4-6-15;/h2-8,11-14,20H,9-10,28H2,1H3,(H,30,33)(H,31,34)(H,32,35);1H. The van der Waals surface area contributed by atoms with Crippen LogP contribution >= 0.6 is 24.0 Å². The van der Waals surface area contributed by atoms with E-state index in [0.29, 0.717) is 29.7 Å². The van der Waals surface area contributed by atoms with Crippen LogP contribution in [0.1, 0.15) is 38.7 Å². The fraction of sp³-hybridized carbons (Fsp3) is 0.154. The lowest BCUT2D eigenvalue weighted by molar-refractivity contribution is 0.0934. The van der Waals surface area contributed by atoms with Crippen LogP contribution in [0.2, 0.25) is 5.02 Å². The third-order valence-corrected chi connectivity index (χ3v) is 5.93. The van der Waals surface area contributed by atoms with E-state index in [9.17, 15) is 14.4 Å². The van der Waals surface area contributed by atoms with Gasteiger partial charge >= 0.3 is 0 Å². The van der Waals surface area contributed by atoms with E-state index in [1.165, 1.54) is 31.5 Å². The number of pyridine rings is 2. The predicted molar refractivity (Wildman–Crippen MR) is 146 cm³/mol. The molecule has 9 nitrogen and oxygen atoms in total. The number of H-pyrrole nitrogens is 1. The molecule has 1 atom stereocenters. The number of nitrogens with two attached hydrogens (primary N) is 1. The maximum Gasteiger partial charge on any atom is 0.261 e. The van der Waals surface area contributed by atoms with Crippen molar-refractivity contribution in [2.45, 2.75) is 12.5 Å². The third-order valence-electron chi connectivity index (χ3n) is 5.60. The number of carbonyl (C=O) groups excluding carboxylic acids is 2. The van der Waals surface area contributed by atoms with Crippen LogP contribution in [0.3, 0.4) is 0 Å². The fourth-order valence-electron chi connectivity index (χ4n) is 3.73. The first-order chi connectivity index (χ1) is 17.4. The van der Waals surface area contributed by atoms with E-state index in [1.807, 2.05) is 30.3 Å². The van der Waals surface area contributed by atoms with Gasteiger partial charge in [0.15, 0.2) is 0 Å². The number of halogens is 2. The molecule has 0 saturated heterocycles. The van der Waals surface area contributed by atoms with Gasteiger partial charge in [0.2, 0.25) is 5.88 Å². The molecule has 0 fully saturated rings. The van der Waals surface area contributed by atoms with Crippen LogP contribution in [-0.4, -0.2) is 35.4 Å². The fourth-order valence-corrected chi connectivity index (χ4v) is 3.89. The molecule has 2 heterocycles. The summed E-state index contributed by atoms with van der Waals surface area (Å²) in [5.41, 5.74) is 6.91. The molecule has 0 spiro atoms. The molecule has 0 aliphatic heterocycles. The van der Waals surface area contributed by atoms with E-state index in [4.69, 9.17) is 22.1 Å². The molecule has 11 heteroatoms. The number of hydrogen-bond donors (Lipinski definition) is 4. The van der Waals surface area contributed by atoms with Crippen LogP contribution in [0.4, 0.5) is 5.69 Å². The summed E-state index contributed by atoms with van der Waals surface area (Å²) in [6, 6.07) is 16.7. The maximum atomic E-state index is 13.0. The van der Waals surface area contributed by atoms with Crippen molar-refractivity contribution in [3.05, 3.63) is 98.9 Å². The number of ether oxygens (including phenoxy) is 1. The third kappa shape index (κ3) is 6.45. The van der Waals surface area contributed by atoms with Crippen LogP contribution in [-0.2, 0) is 0 Å². The zero-order chi connectivity index (χ0) is 25.7. The number of nitrogens with one attached hydrogen (secondary N) is 3. The SMILES string of the molecule is COc1cc2[nH]c(=O)c(C(=O)Nc3cc(C(=O)NC(CCN)c4ccccc4)ccc3Cl)cc2cn1.Cl. The van der Waals surface area contributed by atoms with Crippen molar-refractivity contribution in [2.24, 2.45) is 5.73 Å². The quantitative estimate of drug-likeness (QED) is 0.265. The molecule has 0 bridgehead atoms. The molecule has 37 heavy (non-hydrogen) atoms. The van der Waals surface area contributed by atoms with Gasteiger partial charge in [-0.15, -0.1) is 12.4 Å². The van der Waals surface area contributed by atoms with Crippen LogP contribution in [0.15, 0.2) is 71.7 Å². The van der Waals surface area contributed by atoms with Crippen molar-refractivity contribution in [3.63, 3.8) is 0 Å². The van der Waals surface area contributed by atoms with Gasteiger partial charge in [-0.05, 0) is 42.8 Å². The highest BCUT2D eigenvalue weighted by atomic mass is 35.5. The average molecular weight is 542 g/mol. The summed E-state index contributed by atoms with van der Waals surface area (Å²) < 4.78 is 5.06. The molecular weight excluding hydrogens is 517 g/mol. The Morgan fingerprint density at radius 2 is 1.86 bits per heavy atom. The Bertz CT molecular complexity index is 1480. The molecule has 0 radical (unpaired) electrons. The van der Waals surface area contributed by atoms with Crippen molar-refractivity contribution in [1.82, 2.24) is 15.3 Å².